The van der Waals surface area contributed by atoms with E-state index >= 15 is 0 Å². The standard InChI is InChI=1S/C20H20N2O2/c1-2-3-4-15-5-9-18(10-6-15)22-20(24)17(14-21)13-16-7-11-19(23)12-8-16/h5-13,23H,2-4H2,1H3,(H,22,24)/b17-13-. The lowest BCUT2D eigenvalue weighted by Gasteiger charge is -2.06. The largest absolute Gasteiger partial charge is 0.508 e. The highest BCUT2D eigenvalue weighted by molar-refractivity contribution is 6.09. The molecule has 0 aromatic heterocycles. The molecular weight excluding hydrogens is 300 g/mol. The number of phenolic OH excluding ortho intramolecular Hbond substituents is 1. The summed E-state index contributed by atoms with van der Waals surface area (Å²) in [7, 11) is 0. The molecule has 0 bridgehead atoms. The lowest BCUT2D eigenvalue weighted by molar-refractivity contribution is -0.112. The van der Waals surface area contributed by atoms with E-state index in [-0.39, 0.29) is 11.3 Å². The highest BCUT2D eigenvalue weighted by atomic mass is 16.3. The maximum Gasteiger partial charge on any atom is 0.266 e. The summed E-state index contributed by atoms with van der Waals surface area (Å²) in [6.07, 6.45) is 4.80. The van der Waals surface area contributed by atoms with Crippen molar-refractivity contribution >= 4 is 17.7 Å². The maximum atomic E-state index is 12.2. The Kier molecular flexibility index (Phi) is 6.16. The zero-order valence-electron chi connectivity index (χ0n) is 13.6. The van der Waals surface area contributed by atoms with Gasteiger partial charge in [-0.05, 0) is 54.3 Å². The highest BCUT2D eigenvalue weighted by Gasteiger charge is 2.09. The van der Waals surface area contributed by atoms with E-state index in [4.69, 9.17) is 0 Å². The summed E-state index contributed by atoms with van der Waals surface area (Å²) < 4.78 is 0. The van der Waals surface area contributed by atoms with Crippen molar-refractivity contribution in [1.82, 2.24) is 0 Å². The van der Waals surface area contributed by atoms with E-state index in [9.17, 15) is 15.2 Å². The Morgan fingerprint density at radius 1 is 1.17 bits per heavy atom. The summed E-state index contributed by atoms with van der Waals surface area (Å²) in [4.78, 5) is 12.2. The number of aromatic hydroxyl groups is 1. The number of hydrogen-bond donors (Lipinski definition) is 2. The van der Waals surface area contributed by atoms with Crippen LogP contribution in [0.1, 0.15) is 30.9 Å². The van der Waals surface area contributed by atoms with Gasteiger partial charge >= 0.3 is 0 Å². The summed E-state index contributed by atoms with van der Waals surface area (Å²) in [6.45, 7) is 2.15. The molecule has 0 unspecified atom stereocenters. The Balaban J connectivity index is 2.06. The predicted molar refractivity (Wildman–Crippen MR) is 95.4 cm³/mol. The van der Waals surface area contributed by atoms with E-state index in [1.165, 1.54) is 23.8 Å². The molecule has 0 fully saturated rings. The topological polar surface area (TPSA) is 73.1 Å². The SMILES string of the molecule is CCCCc1ccc(NC(=O)/C(C#N)=C\c2ccc(O)cc2)cc1. The van der Waals surface area contributed by atoms with Crippen molar-refractivity contribution in [3.8, 4) is 11.8 Å². The molecule has 0 atom stereocenters. The van der Waals surface area contributed by atoms with E-state index in [1.807, 2.05) is 30.3 Å². The van der Waals surface area contributed by atoms with Gasteiger partial charge in [-0.2, -0.15) is 5.26 Å². The average Bonchev–Trinajstić information content (AvgIpc) is 2.60. The number of nitrogens with zero attached hydrogens (tertiary/aromatic N) is 1. The number of hydrogen-bond acceptors (Lipinski definition) is 3. The van der Waals surface area contributed by atoms with Gasteiger partial charge in [0.25, 0.3) is 5.91 Å². The molecule has 24 heavy (non-hydrogen) atoms. The molecular formula is C20H20N2O2. The van der Waals surface area contributed by atoms with E-state index in [0.717, 1.165) is 19.3 Å². The minimum atomic E-state index is -0.452. The van der Waals surface area contributed by atoms with Crippen LogP contribution in [0.3, 0.4) is 0 Å². The number of carbonyl (C=O) groups excluding carboxylic acids is 1. The van der Waals surface area contributed by atoms with Crippen molar-refractivity contribution in [1.29, 1.82) is 5.26 Å². The first-order valence-electron chi connectivity index (χ1n) is 7.93. The predicted octanol–water partition coefficient (Wildman–Crippen LogP) is 4.28. The van der Waals surface area contributed by atoms with Gasteiger partial charge in [-0.15, -0.1) is 0 Å². The number of phenols is 1. The van der Waals surface area contributed by atoms with Gasteiger partial charge in [0, 0.05) is 5.69 Å². The number of rotatable bonds is 6. The highest BCUT2D eigenvalue weighted by Crippen LogP contribution is 2.15. The van der Waals surface area contributed by atoms with Gasteiger partial charge in [0.2, 0.25) is 0 Å². The number of amides is 1. The van der Waals surface area contributed by atoms with Gasteiger partial charge in [-0.25, -0.2) is 0 Å². The van der Waals surface area contributed by atoms with Crippen LogP contribution in [0.4, 0.5) is 5.69 Å². The van der Waals surface area contributed by atoms with Crippen molar-refractivity contribution in [3.05, 3.63) is 65.2 Å². The zero-order valence-corrected chi connectivity index (χ0v) is 13.6. The Morgan fingerprint density at radius 2 is 1.83 bits per heavy atom. The molecule has 2 aromatic rings. The second-order valence-corrected chi connectivity index (χ2v) is 5.52. The monoisotopic (exact) mass is 320 g/mol. The number of benzene rings is 2. The quantitative estimate of drug-likeness (QED) is 0.616. The van der Waals surface area contributed by atoms with Gasteiger partial charge in [0.15, 0.2) is 0 Å². The minimum Gasteiger partial charge on any atom is -0.508 e. The van der Waals surface area contributed by atoms with Crippen LogP contribution in [0, 0.1) is 11.3 Å². The van der Waals surface area contributed by atoms with Gasteiger partial charge < -0.3 is 10.4 Å². The first-order valence-corrected chi connectivity index (χ1v) is 7.93. The van der Waals surface area contributed by atoms with Crippen molar-refractivity contribution in [2.75, 3.05) is 5.32 Å². The molecule has 0 spiro atoms. The average molecular weight is 320 g/mol. The van der Waals surface area contributed by atoms with Gasteiger partial charge in [0.05, 0.1) is 0 Å². The summed E-state index contributed by atoms with van der Waals surface area (Å²) in [5.74, 6) is -0.315. The van der Waals surface area contributed by atoms with E-state index < -0.39 is 5.91 Å². The zero-order chi connectivity index (χ0) is 17.4. The summed E-state index contributed by atoms with van der Waals surface area (Å²) >= 11 is 0. The molecule has 0 saturated heterocycles. The first-order chi connectivity index (χ1) is 11.6. The first kappa shape index (κ1) is 17.3. The van der Waals surface area contributed by atoms with Crippen LogP contribution in [0.5, 0.6) is 5.75 Å². The number of unbranched alkanes of at least 4 members (excludes halogenated alkanes) is 1. The third-order valence-corrected chi connectivity index (χ3v) is 3.60. The van der Waals surface area contributed by atoms with Gasteiger partial charge in [-0.1, -0.05) is 37.6 Å². The fourth-order valence-electron chi connectivity index (χ4n) is 2.22. The van der Waals surface area contributed by atoms with Gasteiger partial charge in [-0.3, -0.25) is 4.79 Å². The second kappa shape index (κ2) is 8.54. The number of nitriles is 1. The lowest BCUT2D eigenvalue weighted by Crippen LogP contribution is -2.13. The molecule has 2 N–H and O–H groups in total. The maximum absolute atomic E-state index is 12.2. The van der Waals surface area contributed by atoms with Crippen LogP contribution < -0.4 is 5.32 Å². The summed E-state index contributed by atoms with van der Waals surface area (Å²) in [6, 6.07) is 15.9. The Bertz CT molecular complexity index is 754. The van der Waals surface area contributed by atoms with E-state index in [0.29, 0.717) is 11.3 Å². The van der Waals surface area contributed by atoms with Crippen LogP contribution in [-0.2, 0) is 11.2 Å². The molecule has 122 valence electrons. The molecule has 0 radical (unpaired) electrons. The molecule has 4 nitrogen and oxygen atoms in total. The van der Waals surface area contributed by atoms with Crippen molar-refractivity contribution in [2.45, 2.75) is 26.2 Å². The van der Waals surface area contributed by atoms with Crippen LogP contribution in [0.15, 0.2) is 54.1 Å². The minimum absolute atomic E-state index is 0.00995. The van der Waals surface area contributed by atoms with Crippen LogP contribution in [0.25, 0.3) is 6.08 Å². The van der Waals surface area contributed by atoms with Crippen molar-refractivity contribution < 1.29 is 9.90 Å². The fourth-order valence-corrected chi connectivity index (χ4v) is 2.22. The molecule has 2 rings (SSSR count). The molecule has 1 amide bonds. The molecule has 4 heteroatoms. The number of nitrogens with one attached hydrogen (secondary N) is 1. The fraction of sp³-hybridized carbons (Fsp3) is 0.200. The van der Waals surface area contributed by atoms with Crippen molar-refractivity contribution in [3.63, 3.8) is 0 Å². The molecule has 2 aromatic carbocycles. The second-order valence-electron chi connectivity index (χ2n) is 5.52. The van der Waals surface area contributed by atoms with Crippen molar-refractivity contribution in [2.24, 2.45) is 0 Å². The Labute approximate surface area is 142 Å². The van der Waals surface area contributed by atoms with E-state index in [2.05, 4.69) is 12.2 Å². The number of carbonyl (C=O) groups is 1. The number of anilines is 1. The van der Waals surface area contributed by atoms with Crippen LogP contribution >= 0.6 is 0 Å². The van der Waals surface area contributed by atoms with E-state index in [1.54, 1.807) is 12.1 Å². The summed E-state index contributed by atoms with van der Waals surface area (Å²) in [5, 5.41) is 21.2. The molecule has 0 heterocycles. The van der Waals surface area contributed by atoms with Crippen LogP contribution in [-0.4, -0.2) is 11.0 Å². The van der Waals surface area contributed by atoms with Crippen LogP contribution in [0.2, 0.25) is 0 Å². The molecule has 0 aliphatic rings. The molecule has 0 aliphatic heterocycles. The van der Waals surface area contributed by atoms with Gasteiger partial charge in [0.1, 0.15) is 17.4 Å². The normalized spacial score (nSPS) is 10.9. The molecule has 0 saturated carbocycles. The third kappa shape index (κ3) is 4.99. The Morgan fingerprint density at radius 3 is 2.42 bits per heavy atom. The Hall–Kier alpha value is -3.06. The number of aryl methyl sites for hydroxylation is 1. The third-order valence-electron chi connectivity index (χ3n) is 3.60. The lowest BCUT2D eigenvalue weighted by atomic mass is 10.1. The smallest absolute Gasteiger partial charge is 0.266 e. The molecule has 0 aliphatic carbocycles. The summed E-state index contributed by atoms with van der Waals surface area (Å²) in [5.41, 5.74) is 2.58.